The van der Waals surface area contributed by atoms with Gasteiger partial charge in [-0.05, 0) is 18.1 Å². The van der Waals surface area contributed by atoms with E-state index in [1.54, 1.807) is 34.9 Å². The summed E-state index contributed by atoms with van der Waals surface area (Å²) in [6.45, 7) is 0.691. The average molecular weight is 289 g/mol. The zero-order valence-electron chi connectivity index (χ0n) is 10.5. The Morgan fingerprint density at radius 1 is 1.45 bits per heavy atom. The van der Waals surface area contributed by atoms with Crippen LogP contribution in [-0.4, -0.2) is 33.2 Å². The van der Waals surface area contributed by atoms with Crippen LogP contribution < -0.4 is 0 Å². The van der Waals surface area contributed by atoms with Crippen molar-refractivity contribution in [1.82, 2.24) is 4.90 Å². The van der Waals surface area contributed by atoms with Gasteiger partial charge in [-0.2, -0.15) is 0 Å². The fraction of sp³-hybridized carbons (Fsp3) is 0.231. The van der Waals surface area contributed by atoms with Crippen molar-refractivity contribution in [2.24, 2.45) is 4.99 Å². The Morgan fingerprint density at radius 3 is 3.05 bits per heavy atom. The third kappa shape index (κ3) is 2.32. The van der Waals surface area contributed by atoms with Gasteiger partial charge in [-0.3, -0.25) is 19.8 Å². The topological polar surface area (TPSA) is 75.8 Å². The van der Waals surface area contributed by atoms with Gasteiger partial charge < -0.3 is 0 Å². The number of amidine groups is 1. The molecule has 0 saturated carbocycles. The number of thioether (sulfide) groups is 1. The van der Waals surface area contributed by atoms with Gasteiger partial charge in [0.15, 0.2) is 5.17 Å². The van der Waals surface area contributed by atoms with Gasteiger partial charge in [0.25, 0.3) is 11.6 Å². The number of benzene rings is 1. The quantitative estimate of drug-likeness (QED) is 0.475. The number of rotatable bonds is 2. The van der Waals surface area contributed by atoms with E-state index in [0.29, 0.717) is 17.8 Å². The smallest absolute Gasteiger partial charge is 0.278 e. The van der Waals surface area contributed by atoms with Crippen molar-refractivity contribution in [3.63, 3.8) is 0 Å². The van der Waals surface area contributed by atoms with Gasteiger partial charge in [0.05, 0.1) is 4.92 Å². The minimum absolute atomic E-state index is 0.00421. The van der Waals surface area contributed by atoms with Gasteiger partial charge in [-0.15, -0.1) is 0 Å². The highest BCUT2D eigenvalue weighted by atomic mass is 32.2. The predicted octanol–water partition coefficient (Wildman–Crippen LogP) is 2.27. The van der Waals surface area contributed by atoms with Crippen LogP contribution in [0, 0.1) is 10.1 Å². The van der Waals surface area contributed by atoms with Crippen LogP contribution in [0.5, 0.6) is 0 Å². The number of nitro groups is 1. The van der Waals surface area contributed by atoms with Crippen molar-refractivity contribution in [2.75, 3.05) is 12.3 Å². The van der Waals surface area contributed by atoms with Crippen LogP contribution in [0.3, 0.4) is 0 Å². The van der Waals surface area contributed by atoms with Crippen molar-refractivity contribution >= 4 is 34.6 Å². The van der Waals surface area contributed by atoms with Gasteiger partial charge in [0, 0.05) is 24.4 Å². The molecular formula is C13H11N3O3S. The van der Waals surface area contributed by atoms with E-state index in [1.165, 1.54) is 12.1 Å². The second-order valence-electron chi connectivity index (χ2n) is 4.43. The highest BCUT2D eigenvalue weighted by molar-refractivity contribution is 8.13. The Labute approximate surface area is 119 Å². The zero-order chi connectivity index (χ0) is 14.1. The second kappa shape index (κ2) is 5.09. The van der Waals surface area contributed by atoms with Crippen molar-refractivity contribution in [3.05, 3.63) is 45.6 Å². The number of carbonyl (C=O) groups is 1. The van der Waals surface area contributed by atoms with Crippen molar-refractivity contribution in [2.45, 2.75) is 6.42 Å². The van der Waals surface area contributed by atoms with E-state index in [-0.39, 0.29) is 11.6 Å². The van der Waals surface area contributed by atoms with Gasteiger partial charge in [0.2, 0.25) is 0 Å². The molecule has 2 heterocycles. The Kier molecular flexibility index (Phi) is 3.27. The van der Waals surface area contributed by atoms with Crippen LogP contribution in [-0.2, 0) is 4.79 Å². The van der Waals surface area contributed by atoms with Crippen LogP contribution >= 0.6 is 11.8 Å². The largest absolute Gasteiger partial charge is 0.286 e. The maximum absolute atomic E-state index is 12.2. The van der Waals surface area contributed by atoms with E-state index in [0.717, 1.165) is 17.3 Å². The third-order valence-electron chi connectivity index (χ3n) is 3.05. The SMILES string of the molecule is O=C1/C(=C/c2cccc([N+](=O)[O-])c2)N=C2SCCCN12. The van der Waals surface area contributed by atoms with Crippen LogP contribution in [0.25, 0.3) is 6.08 Å². The number of non-ortho nitro benzene ring substituents is 1. The fourth-order valence-electron chi connectivity index (χ4n) is 2.11. The van der Waals surface area contributed by atoms with Crippen molar-refractivity contribution in [1.29, 1.82) is 0 Å². The minimum atomic E-state index is -0.455. The minimum Gasteiger partial charge on any atom is -0.286 e. The van der Waals surface area contributed by atoms with E-state index in [2.05, 4.69) is 4.99 Å². The van der Waals surface area contributed by atoms with Crippen LogP contribution in [0.4, 0.5) is 5.69 Å². The van der Waals surface area contributed by atoms with Gasteiger partial charge >= 0.3 is 0 Å². The van der Waals surface area contributed by atoms with Gasteiger partial charge in [-0.1, -0.05) is 23.9 Å². The summed E-state index contributed by atoms with van der Waals surface area (Å²) in [7, 11) is 0. The maximum Gasteiger partial charge on any atom is 0.278 e. The second-order valence-corrected chi connectivity index (χ2v) is 5.50. The molecule has 0 aliphatic carbocycles. The lowest BCUT2D eigenvalue weighted by Gasteiger charge is -2.21. The molecule has 1 fully saturated rings. The van der Waals surface area contributed by atoms with Crippen LogP contribution in [0.15, 0.2) is 35.0 Å². The predicted molar refractivity (Wildman–Crippen MR) is 77.3 cm³/mol. The molecular weight excluding hydrogens is 278 g/mol. The Bertz CT molecular complexity index is 654. The molecule has 6 nitrogen and oxygen atoms in total. The lowest BCUT2D eigenvalue weighted by molar-refractivity contribution is -0.384. The first-order valence-electron chi connectivity index (χ1n) is 6.15. The summed E-state index contributed by atoms with van der Waals surface area (Å²) in [5.74, 6) is 0.839. The van der Waals surface area contributed by atoms with Gasteiger partial charge in [-0.25, -0.2) is 4.99 Å². The average Bonchev–Trinajstić information content (AvgIpc) is 2.76. The molecule has 2 aliphatic rings. The molecule has 1 aromatic carbocycles. The third-order valence-corrected chi connectivity index (χ3v) is 4.12. The summed E-state index contributed by atoms with van der Waals surface area (Å²) in [5, 5.41) is 11.5. The highest BCUT2D eigenvalue weighted by Crippen LogP contribution is 2.28. The van der Waals surface area contributed by atoms with E-state index in [9.17, 15) is 14.9 Å². The van der Waals surface area contributed by atoms with E-state index >= 15 is 0 Å². The lowest BCUT2D eigenvalue weighted by Crippen LogP contribution is -2.34. The molecule has 3 rings (SSSR count). The summed E-state index contributed by atoms with van der Waals surface area (Å²) in [6, 6.07) is 6.17. The Hall–Kier alpha value is -2.15. The summed E-state index contributed by atoms with van der Waals surface area (Å²) in [4.78, 5) is 28.4. The zero-order valence-corrected chi connectivity index (χ0v) is 11.3. The van der Waals surface area contributed by atoms with Crippen molar-refractivity contribution < 1.29 is 9.72 Å². The van der Waals surface area contributed by atoms with E-state index in [4.69, 9.17) is 0 Å². The van der Waals surface area contributed by atoms with Crippen LogP contribution in [0.2, 0.25) is 0 Å². The molecule has 0 spiro atoms. The molecule has 1 amide bonds. The molecule has 2 aliphatic heterocycles. The summed E-state index contributed by atoms with van der Waals surface area (Å²) in [6.07, 6.45) is 2.56. The number of hydrogen-bond acceptors (Lipinski definition) is 5. The number of amides is 1. The molecule has 102 valence electrons. The van der Waals surface area contributed by atoms with E-state index in [1.807, 2.05) is 0 Å². The molecule has 0 unspecified atom stereocenters. The molecule has 0 radical (unpaired) electrons. The first-order valence-corrected chi connectivity index (χ1v) is 7.13. The standard InChI is InChI=1S/C13H11N3O3S/c17-12-11(14-13-15(12)5-2-6-20-13)8-9-3-1-4-10(7-9)16(18)19/h1,3-4,7-8H,2,5-6H2/b11-8-. The number of hydrogen-bond donors (Lipinski definition) is 0. The first-order chi connectivity index (χ1) is 9.65. The summed E-state index contributed by atoms with van der Waals surface area (Å²) in [5.41, 5.74) is 0.955. The molecule has 0 bridgehead atoms. The Morgan fingerprint density at radius 2 is 2.30 bits per heavy atom. The first kappa shape index (κ1) is 12.9. The summed E-state index contributed by atoms with van der Waals surface area (Å²) < 4.78 is 0. The van der Waals surface area contributed by atoms with E-state index < -0.39 is 4.92 Å². The fourth-order valence-corrected chi connectivity index (χ4v) is 3.06. The number of aliphatic imine (C=N–C) groups is 1. The lowest BCUT2D eigenvalue weighted by atomic mass is 10.1. The van der Waals surface area contributed by atoms with Crippen molar-refractivity contribution in [3.8, 4) is 0 Å². The number of carbonyl (C=O) groups excluding carboxylic acids is 1. The molecule has 1 saturated heterocycles. The monoisotopic (exact) mass is 289 g/mol. The highest BCUT2D eigenvalue weighted by Gasteiger charge is 2.32. The number of nitro benzene ring substituents is 1. The number of fused-ring (bicyclic) bond motifs is 1. The summed E-state index contributed by atoms with van der Waals surface area (Å²) >= 11 is 1.57. The molecule has 1 aromatic rings. The van der Waals surface area contributed by atoms with Gasteiger partial charge in [0.1, 0.15) is 5.70 Å². The number of nitrogens with zero attached hydrogens (tertiary/aromatic N) is 3. The Balaban J connectivity index is 1.93. The molecule has 20 heavy (non-hydrogen) atoms. The normalized spacial score (nSPS) is 20.0. The molecule has 0 N–H and O–H groups in total. The maximum atomic E-state index is 12.2. The molecule has 0 atom stereocenters. The molecule has 0 aromatic heterocycles. The van der Waals surface area contributed by atoms with Crippen LogP contribution in [0.1, 0.15) is 12.0 Å². The molecule has 7 heteroatoms.